The zero-order valence-electron chi connectivity index (χ0n) is 9.86. The lowest BCUT2D eigenvalue weighted by Gasteiger charge is -2.31. The molecule has 1 aromatic rings. The molecule has 0 aliphatic carbocycles. The Morgan fingerprint density at radius 1 is 0.812 bits per heavy atom. The summed E-state index contributed by atoms with van der Waals surface area (Å²) in [5, 5.41) is 0. The van der Waals surface area contributed by atoms with Gasteiger partial charge in [-0.2, -0.15) is 0 Å². The Labute approximate surface area is 99.0 Å². The smallest absolute Gasteiger partial charge is 0.00560 e. The summed E-state index contributed by atoms with van der Waals surface area (Å²) in [6.07, 6.45) is 8.82. The molecule has 0 heteroatoms. The molecule has 0 aliphatic rings. The van der Waals surface area contributed by atoms with Gasteiger partial charge in [-0.05, 0) is 24.8 Å². The van der Waals surface area contributed by atoms with Crippen LogP contribution in [0.4, 0.5) is 0 Å². The first-order chi connectivity index (χ1) is 7.79. The van der Waals surface area contributed by atoms with Crippen LogP contribution in [0.15, 0.2) is 68.3 Å². The highest BCUT2D eigenvalue weighted by molar-refractivity contribution is 5.28. The Morgan fingerprint density at radius 2 is 1.25 bits per heavy atom. The fourth-order valence-corrected chi connectivity index (χ4v) is 2.22. The van der Waals surface area contributed by atoms with Gasteiger partial charge < -0.3 is 0 Å². The summed E-state index contributed by atoms with van der Waals surface area (Å²) in [4.78, 5) is 0. The Morgan fingerprint density at radius 3 is 1.62 bits per heavy atom. The third-order valence-corrected chi connectivity index (χ3v) is 2.99. The second-order valence-corrected chi connectivity index (χ2v) is 4.12. The topological polar surface area (TPSA) is 0 Å². The first-order valence-corrected chi connectivity index (χ1v) is 5.67. The number of allylic oxidation sites excluding steroid dienone is 3. The minimum absolute atomic E-state index is 0.0898. The number of hydrogen-bond acceptors (Lipinski definition) is 0. The van der Waals surface area contributed by atoms with Crippen molar-refractivity contribution in [3.05, 3.63) is 73.9 Å². The summed E-state index contributed by atoms with van der Waals surface area (Å²) in [5.41, 5.74) is 1.43. The Kier molecular flexibility index (Phi) is 4.78. The molecule has 0 unspecified atom stereocenters. The largest absolute Gasteiger partial charge is 0.103 e. The highest BCUT2D eigenvalue weighted by Gasteiger charge is 2.27. The minimum atomic E-state index is 0.0898. The van der Waals surface area contributed by atoms with E-state index in [-0.39, 0.29) is 5.41 Å². The predicted molar refractivity (Wildman–Crippen MR) is 72.6 cm³/mol. The highest BCUT2D eigenvalue weighted by Crippen LogP contribution is 2.36. The van der Waals surface area contributed by atoms with Crippen LogP contribution < -0.4 is 0 Å². The van der Waals surface area contributed by atoms with Gasteiger partial charge in [0.05, 0.1) is 0 Å². The maximum Gasteiger partial charge on any atom is 0.00560 e. The first-order valence-electron chi connectivity index (χ1n) is 5.67. The van der Waals surface area contributed by atoms with E-state index in [2.05, 4.69) is 44.0 Å². The molecule has 0 aromatic heterocycles. The average Bonchev–Trinajstić information content (AvgIpc) is 2.31. The SMILES string of the molecule is C=CCC(CC=C)(CC=C)c1ccccc1. The maximum atomic E-state index is 3.87. The second kappa shape index (κ2) is 6.12. The van der Waals surface area contributed by atoms with Gasteiger partial charge in [-0.3, -0.25) is 0 Å². The summed E-state index contributed by atoms with van der Waals surface area (Å²) in [5.74, 6) is 0. The van der Waals surface area contributed by atoms with Gasteiger partial charge in [-0.25, -0.2) is 0 Å². The van der Waals surface area contributed by atoms with Gasteiger partial charge in [0.1, 0.15) is 0 Å². The molecule has 0 spiro atoms. The van der Waals surface area contributed by atoms with Gasteiger partial charge in [0, 0.05) is 5.41 Å². The summed E-state index contributed by atoms with van der Waals surface area (Å²) >= 11 is 0. The van der Waals surface area contributed by atoms with E-state index in [0.717, 1.165) is 19.3 Å². The molecule has 0 atom stereocenters. The molecule has 1 aromatic carbocycles. The first kappa shape index (κ1) is 12.5. The fraction of sp³-hybridized carbons (Fsp3) is 0.250. The van der Waals surface area contributed by atoms with Gasteiger partial charge >= 0.3 is 0 Å². The van der Waals surface area contributed by atoms with Crippen LogP contribution in [0, 0.1) is 0 Å². The molecule has 84 valence electrons. The van der Waals surface area contributed by atoms with Gasteiger partial charge in [0.25, 0.3) is 0 Å². The quantitative estimate of drug-likeness (QED) is 0.577. The van der Waals surface area contributed by atoms with Gasteiger partial charge in [0.15, 0.2) is 0 Å². The van der Waals surface area contributed by atoms with E-state index in [1.807, 2.05) is 24.3 Å². The van der Waals surface area contributed by atoms with Crippen molar-refractivity contribution in [1.82, 2.24) is 0 Å². The van der Waals surface area contributed by atoms with E-state index in [0.29, 0.717) is 0 Å². The molecule has 0 heterocycles. The summed E-state index contributed by atoms with van der Waals surface area (Å²) < 4.78 is 0. The lowest BCUT2D eigenvalue weighted by Crippen LogP contribution is -2.24. The van der Waals surface area contributed by atoms with Crippen molar-refractivity contribution in [3.8, 4) is 0 Å². The Balaban J connectivity index is 3.13. The summed E-state index contributed by atoms with van der Waals surface area (Å²) in [7, 11) is 0. The van der Waals surface area contributed by atoms with Crippen molar-refractivity contribution in [3.63, 3.8) is 0 Å². The number of benzene rings is 1. The van der Waals surface area contributed by atoms with Crippen molar-refractivity contribution in [1.29, 1.82) is 0 Å². The fourth-order valence-electron chi connectivity index (χ4n) is 2.22. The predicted octanol–water partition coefficient (Wildman–Crippen LogP) is 4.65. The molecule has 0 saturated heterocycles. The highest BCUT2D eigenvalue weighted by atomic mass is 14.3. The number of hydrogen-bond donors (Lipinski definition) is 0. The lowest BCUT2D eigenvalue weighted by molar-refractivity contribution is 0.442. The van der Waals surface area contributed by atoms with Crippen molar-refractivity contribution < 1.29 is 0 Å². The van der Waals surface area contributed by atoms with E-state index in [4.69, 9.17) is 0 Å². The van der Waals surface area contributed by atoms with Crippen LogP contribution in [-0.4, -0.2) is 0 Å². The molecule has 0 nitrogen and oxygen atoms in total. The Hall–Kier alpha value is -1.56. The normalized spacial score (nSPS) is 10.8. The van der Waals surface area contributed by atoms with Crippen LogP contribution in [0.5, 0.6) is 0 Å². The van der Waals surface area contributed by atoms with Crippen LogP contribution in [0.1, 0.15) is 24.8 Å². The maximum absolute atomic E-state index is 3.87. The molecule has 16 heavy (non-hydrogen) atoms. The van der Waals surface area contributed by atoms with E-state index in [1.165, 1.54) is 5.56 Å². The van der Waals surface area contributed by atoms with E-state index in [1.54, 1.807) is 0 Å². The lowest BCUT2D eigenvalue weighted by atomic mass is 9.72. The molecule has 0 aliphatic heterocycles. The van der Waals surface area contributed by atoms with Crippen LogP contribution >= 0.6 is 0 Å². The zero-order chi connectivity index (χ0) is 11.9. The van der Waals surface area contributed by atoms with Crippen molar-refractivity contribution in [2.45, 2.75) is 24.7 Å². The van der Waals surface area contributed by atoms with Crippen molar-refractivity contribution in [2.24, 2.45) is 0 Å². The van der Waals surface area contributed by atoms with Crippen molar-refractivity contribution >= 4 is 0 Å². The average molecular weight is 212 g/mol. The third-order valence-electron chi connectivity index (χ3n) is 2.99. The molecular formula is C16H20. The van der Waals surface area contributed by atoms with E-state index >= 15 is 0 Å². The van der Waals surface area contributed by atoms with Crippen LogP contribution in [0.3, 0.4) is 0 Å². The zero-order valence-corrected chi connectivity index (χ0v) is 9.86. The van der Waals surface area contributed by atoms with E-state index in [9.17, 15) is 0 Å². The molecule has 0 radical (unpaired) electrons. The monoisotopic (exact) mass is 212 g/mol. The van der Waals surface area contributed by atoms with E-state index < -0.39 is 0 Å². The molecule has 0 N–H and O–H groups in total. The molecule has 0 saturated carbocycles. The summed E-state index contributed by atoms with van der Waals surface area (Å²) in [6.45, 7) is 11.6. The summed E-state index contributed by atoms with van der Waals surface area (Å²) in [6, 6.07) is 10.6. The standard InChI is InChI=1S/C16H20/c1-4-12-16(13-5-2,14-6-3)15-10-8-7-9-11-15/h4-11H,1-3,12-14H2. The van der Waals surface area contributed by atoms with Crippen LogP contribution in [0.25, 0.3) is 0 Å². The minimum Gasteiger partial charge on any atom is -0.103 e. The third kappa shape index (κ3) is 2.73. The molecule has 0 fully saturated rings. The van der Waals surface area contributed by atoms with Crippen molar-refractivity contribution in [2.75, 3.05) is 0 Å². The number of rotatable bonds is 7. The molecular weight excluding hydrogens is 192 g/mol. The van der Waals surface area contributed by atoms with Gasteiger partial charge in [-0.15, -0.1) is 19.7 Å². The Bertz CT molecular complexity index is 319. The van der Waals surface area contributed by atoms with Gasteiger partial charge in [0.2, 0.25) is 0 Å². The van der Waals surface area contributed by atoms with Gasteiger partial charge in [-0.1, -0.05) is 48.6 Å². The second-order valence-electron chi connectivity index (χ2n) is 4.12. The van der Waals surface area contributed by atoms with Crippen LogP contribution in [0.2, 0.25) is 0 Å². The van der Waals surface area contributed by atoms with Crippen LogP contribution in [-0.2, 0) is 5.41 Å². The molecule has 0 bridgehead atoms. The molecule has 0 amide bonds. The molecule has 1 rings (SSSR count).